The smallest absolute Gasteiger partial charge is 0.171 e. The van der Waals surface area contributed by atoms with Crippen LogP contribution in [0.2, 0.25) is 0 Å². The zero-order valence-corrected chi connectivity index (χ0v) is 11.5. The molecule has 0 saturated carbocycles. The highest BCUT2D eigenvalue weighted by atomic mass is 32.2. The Hall–Kier alpha value is -1.33. The second-order valence-electron chi connectivity index (χ2n) is 4.14. The van der Waals surface area contributed by atoms with Crippen LogP contribution in [0.5, 0.6) is 0 Å². The fourth-order valence-corrected chi connectivity index (χ4v) is 2.38. The number of hydrogen-bond acceptors (Lipinski definition) is 4. The summed E-state index contributed by atoms with van der Waals surface area (Å²) in [7, 11) is 0. The molecule has 5 heteroatoms. The standard InChI is InChI=1S/C13H18N4S/c1-3-4-14-8-11-7-10(2)12(17-9-11)18-13-15-5-6-16-13/h5-7,9,14H,3-4,8H2,1-2H3,(H,15,16). The summed E-state index contributed by atoms with van der Waals surface area (Å²) in [6, 6.07) is 2.18. The molecule has 0 bridgehead atoms. The van der Waals surface area contributed by atoms with Crippen LogP contribution in [0.3, 0.4) is 0 Å². The van der Waals surface area contributed by atoms with Gasteiger partial charge in [0, 0.05) is 25.1 Å². The van der Waals surface area contributed by atoms with Crippen LogP contribution in [0.1, 0.15) is 24.5 Å². The fraction of sp³-hybridized carbons (Fsp3) is 0.385. The molecule has 0 aromatic carbocycles. The van der Waals surface area contributed by atoms with Crippen molar-refractivity contribution in [2.75, 3.05) is 6.54 Å². The zero-order chi connectivity index (χ0) is 12.8. The predicted octanol–water partition coefficient (Wildman–Crippen LogP) is 2.76. The summed E-state index contributed by atoms with van der Waals surface area (Å²) >= 11 is 1.56. The molecule has 0 saturated heterocycles. The van der Waals surface area contributed by atoms with E-state index >= 15 is 0 Å². The first-order valence-corrected chi connectivity index (χ1v) is 6.94. The van der Waals surface area contributed by atoms with Crippen LogP contribution in [0, 0.1) is 6.92 Å². The third-order valence-electron chi connectivity index (χ3n) is 2.51. The van der Waals surface area contributed by atoms with Crippen molar-refractivity contribution in [1.29, 1.82) is 0 Å². The van der Waals surface area contributed by atoms with Gasteiger partial charge in [0.15, 0.2) is 5.16 Å². The molecule has 0 spiro atoms. The van der Waals surface area contributed by atoms with Crippen molar-refractivity contribution in [2.24, 2.45) is 0 Å². The second-order valence-corrected chi connectivity index (χ2v) is 5.12. The molecule has 2 heterocycles. The second kappa shape index (κ2) is 6.56. The predicted molar refractivity (Wildman–Crippen MR) is 73.7 cm³/mol. The topological polar surface area (TPSA) is 53.6 Å². The molecular weight excluding hydrogens is 244 g/mol. The van der Waals surface area contributed by atoms with Gasteiger partial charge in [-0.25, -0.2) is 9.97 Å². The molecule has 18 heavy (non-hydrogen) atoms. The van der Waals surface area contributed by atoms with Crippen molar-refractivity contribution >= 4 is 11.8 Å². The summed E-state index contributed by atoms with van der Waals surface area (Å²) in [4.78, 5) is 11.8. The third kappa shape index (κ3) is 3.58. The van der Waals surface area contributed by atoms with Crippen LogP contribution in [0.4, 0.5) is 0 Å². The van der Waals surface area contributed by atoms with E-state index in [1.54, 1.807) is 18.0 Å². The summed E-state index contributed by atoms with van der Waals surface area (Å²) < 4.78 is 0. The first-order valence-electron chi connectivity index (χ1n) is 6.13. The number of aromatic amines is 1. The molecule has 4 nitrogen and oxygen atoms in total. The summed E-state index contributed by atoms with van der Waals surface area (Å²) in [6.07, 6.45) is 6.65. The highest BCUT2D eigenvalue weighted by Gasteiger charge is 2.05. The minimum Gasteiger partial charge on any atom is -0.339 e. The lowest BCUT2D eigenvalue weighted by Gasteiger charge is -2.07. The Morgan fingerprint density at radius 3 is 2.94 bits per heavy atom. The molecule has 0 aliphatic heterocycles. The lowest BCUT2D eigenvalue weighted by atomic mass is 10.2. The molecule has 0 fully saturated rings. The van der Waals surface area contributed by atoms with Crippen molar-refractivity contribution < 1.29 is 0 Å². The number of aryl methyl sites for hydroxylation is 1. The molecule has 0 aliphatic carbocycles. The lowest BCUT2D eigenvalue weighted by molar-refractivity contribution is 0.672. The van der Waals surface area contributed by atoms with Gasteiger partial charge >= 0.3 is 0 Å². The van der Waals surface area contributed by atoms with Crippen LogP contribution in [-0.4, -0.2) is 21.5 Å². The van der Waals surface area contributed by atoms with Gasteiger partial charge in [0.05, 0.1) is 0 Å². The van der Waals surface area contributed by atoms with E-state index in [1.807, 2.05) is 12.4 Å². The SMILES string of the molecule is CCCNCc1cnc(Sc2ncc[nH]2)c(C)c1. The Morgan fingerprint density at radius 1 is 1.39 bits per heavy atom. The number of imidazole rings is 1. The van der Waals surface area contributed by atoms with E-state index in [0.29, 0.717) is 0 Å². The van der Waals surface area contributed by atoms with E-state index < -0.39 is 0 Å². The Balaban J connectivity index is 2.01. The quantitative estimate of drug-likeness (QED) is 0.786. The normalized spacial score (nSPS) is 10.8. The summed E-state index contributed by atoms with van der Waals surface area (Å²) in [6.45, 7) is 6.18. The summed E-state index contributed by atoms with van der Waals surface area (Å²) in [5.41, 5.74) is 2.41. The van der Waals surface area contributed by atoms with E-state index in [4.69, 9.17) is 0 Å². The largest absolute Gasteiger partial charge is 0.339 e. The summed E-state index contributed by atoms with van der Waals surface area (Å²) in [5.74, 6) is 0. The van der Waals surface area contributed by atoms with Crippen LogP contribution < -0.4 is 5.32 Å². The number of pyridine rings is 1. The van der Waals surface area contributed by atoms with Crippen molar-refractivity contribution in [3.63, 3.8) is 0 Å². The first-order chi connectivity index (χ1) is 8.79. The molecule has 96 valence electrons. The van der Waals surface area contributed by atoms with E-state index in [2.05, 4.69) is 40.2 Å². The Bertz CT molecular complexity index is 482. The number of H-pyrrole nitrogens is 1. The molecule has 0 radical (unpaired) electrons. The number of aromatic nitrogens is 3. The maximum Gasteiger partial charge on any atom is 0.171 e. The number of nitrogens with one attached hydrogen (secondary N) is 2. The van der Waals surface area contributed by atoms with E-state index in [9.17, 15) is 0 Å². The minimum atomic E-state index is 0.877. The van der Waals surface area contributed by atoms with Gasteiger partial charge in [-0.15, -0.1) is 0 Å². The molecule has 0 amide bonds. The Labute approximate surface area is 112 Å². The number of rotatable bonds is 6. The van der Waals surface area contributed by atoms with Gasteiger partial charge in [-0.3, -0.25) is 0 Å². The summed E-state index contributed by atoms with van der Waals surface area (Å²) in [5, 5.41) is 5.26. The van der Waals surface area contributed by atoms with Gasteiger partial charge in [0.25, 0.3) is 0 Å². The average Bonchev–Trinajstić information content (AvgIpc) is 2.86. The van der Waals surface area contributed by atoms with Gasteiger partial charge in [-0.2, -0.15) is 0 Å². The van der Waals surface area contributed by atoms with E-state index in [1.165, 1.54) is 11.1 Å². The van der Waals surface area contributed by atoms with Crippen molar-refractivity contribution in [2.45, 2.75) is 37.0 Å². The van der Waals surface area contributed by atoms with E-state index in [0.717, 1.165) is 29.7 Å². The van der Waals surface area contributed by atoms with Crippen molar-refractivity contribution in [3.8, 4) is 0 Å². The first kappa shape index (κ1) is 13.1. The van der Waals surface area contributed by atoms with Gasteiger partial charge < -0.3 is 10.3 Å². The van der Waals surface area contributed by atoms with E-state index in [-0.39, 0.29) is 0 Å². The average molecular weight is 262 g/mol. The third-order valence-corrected chi connectivity index (χ3v) is 3.55. The molecule has 0 atom stereocenters. The number of hydrogen-bond donors (Lipinski definition) is 2. The fourth-order valence-electron chi connectivity index (χ4n) is 1.63. The van der Waals surface area contributed by atoms with Gasteiger partial charge in [0.1, 0.15) is 5.03 Å². The lowest BCUT2D eigenvalue weighted by Crippen LogP contribution is -2.14. The molecule has 2 aromatic heterocycles. The molecular formula is C13H18N4S. The van der Waals surface area contributed by atoms with Crippen LogP contribution >= 0.6 is 11.8 Å². The minimum absolute atomic E-state index is 0.877. The van der Waals surface area contributed by atoms with Gasteiger partial charge in [-0.1, -0.05) is 13.0 Å². The molecule has 0 unspecified atom stereocenters. The van der Waals surface area contributed by atoms with Crippen LogP contribution in [-0.2, 0) is 6.54 Å². The van der Waals surface area contributed by atoms with Gasteiger partial charge in [-0.05, 0) is 42.8 Å². The zero-order valence-electron chi connectivity index (χ0n) is 10.7. The number of nitrogens with zero attached hydrogens (tertiary/aromatic N) is 2. The molecule has 2 N–H and O–H groups in total. The highest BCUT2D eigenvalue weighted by Crippen LogP contribution is 2.25. The highest BCUT2D eigenvalue weighted by molar-refractivity contribution is 7.99. The van der Waals surface area contributed by atoms with Crippen molar-refractivity contribution in [1.82, 2.24) is 20.3 Å². The maximum atomic E-state index is 4.49. The maximum absolute atomic E-state index is 4.49. The Kier molecular flexibility index (Phi) is 4.78. The van der Waals surface area contributed by atoms with Crippen LogP contribution in [0.25, 0.3) is 0 Å². The van der Waals surface area contributed by atoms with Gasteiger partial charge in [0.2, 0.25) is 0 Å². The molecule has 0 aliphatic rings. The van der Waals surface area contributed by atoms with Crippen LogP contribution in [0.15, 0.2) is 34.8 Å². The van der Waals surface area contributed by atoms with Crippen molar-refractivity contribution in [3.05, 3.63) is 35.8 Å². The monoisotopic (exact) mass is 262 g/mol. The molecule has 2 rings (SSSR count). The Morgan fingerprint density at radius 2 is 2.28 bits per heavy atom. The molecule has 2 aromatic rings.